The van der Waals surface area contributed by atoms with Crippen LogP contribution in [-0.2, 0) is 0 Å². The van der Waals surface area contributed by atoms with E-state index in [9.17, 15) is 0 Å². The summed E-state index contributed by atoms with van der Waals surface area (Å²) in [6, 6.07) is 4.71. The molecule has 0 aromatic carbocycles. The highest BCUT2D eigenvalue weighted by molar-refractivity contribution is 5.10. The Bertz CT molecular complexity index is 220. The molecule has 1 aromatic heterocycles. The van der Waals surface area contributed by atoms with Crippen LogP contribution in [0.1, 0.15) is 37.3 Å². The smallest absolute Gasteiger partial charge is 0.0178 e. The van der Waals surface area contributed by atoms with Crippen LogP contribution in [-0.4, -0.2) is 11.0 Å². The van der Waals surface area contributed by atoms with Crippen LogP contribution in [0.5, 0.6) is 0 Å². The maximum atomic E-state index is 5.84. The molecule has 0 atom stereocenters. The van der Waals surface area contributed by atoms with E-state index in [1.807, 2.05) is 6.20 Å². The molecule has 1 fully saturated rings. The molecular weight excluding hydrogens is 148 g/mol. The van der Waals surface area contributed by atoms with Gasteiger partial charge in [0.15, 0.2) is 0 Å². The number of nitrogens with one attached hydrogen (secondary N) is 1. The lowest BCUT2D eigenvalue weighted by Gasteiger charge is -2.25. The fourth-order valence-corrected chi connectivity index (χ4v) is 2.03. The number of H-pyrrole nitrogens is 1. The molecule has 0 unspecified atom stereocenters. The summed E-state index contributed by atoms with van der Waals surface area (Å²) in [4.78, 5) is 3.28. The standard InChI is InChI=1S/C10H16N2/c11-9-5-3-8(4-6-9)10-2-1-7-12-10/h1-2,7-9,12H,3-6,11H2. The highest BCUT2D eigenvalue weighted by Gasteiger charge is 2.19. The molecule has 0 radical (unpaired) electrons. The summed E-state index contributed by atoms with van der Waals surface area (Å²) in [5, 5.41) is 0. The van der Waals surface area contributed by atoms with Crippen molar-refractivity contribution in [2.45, 2.75) is 37.6 Å². The van der Waals surface area contributed by atoms with Crippen LogP contribution in [0.2, 0.25) is 0 Å². The molecule has 2 rings (SSSR count). The first-order chi connectivity index (χ1) is 5.86. The molecule has 0 bridgehead atoms. The van der Waals surface area contributed by atoms with Crippen LogP contribution in [0.15, 0.2) is 18.3 Å². The summed E-state index contributed by atoms with van der Waals surface area (Å²) < 4.78 is 0. The SMILES string of the molecule is NC1CCC(c2ccc[nH]2)CC1. The monoisotopic (exact) mass is 164 g/mol. The van der Waals surface area contributed by atoms with Crippen molar-refractivity contribution in [3.05, 3.63) is 24.0 Å². The summed E-state index contributed by atoms with van der Waals surface area (Å²) in [5.74, 6) is 0.736. The molecule has 0 saturated heterocycles. The Hall–Kier alpha value is -0.760. The van der Waals surface area contributed by atoms with Crippen molar-refractivity contribution in [3.63, 3.8) is 0 Å². The first-order valence-corrected chi connectivity index (χ1v) is 4.75. The van der Waals surface area contributed by atoms with E-state index in [2.05, 4.69) is 17.1 Å². The second-order valence-electron chi connectivity index (χ2n) is 3.74. The number of nitrogens with two attached hydrogens (primary N) is 1. The Morgan fingerprint density at radius 1 is 1.25 bits per heavy atom. The minimum atomic E-state index is 0.455. The van der Waals surface area contributed by atoms with E-state index in [-0.39, 0.29) is 0 Å². The van der Waals surface area contributed by atoms with E-state index < -0.39 is 0 Å². The third kappa shape index (κ3) is 1.53. The Morgan fingerprint density at radius 3 is 2.58 bits per heavy atom. The molecular formula is C10H16N2. The molecule has 0 spiro atoms. The third-order valence-corrected chi connectivity index (χ3v) is 2.83. The van der Waals surface area contributed by atoms with Gasteiger partial charge in [-0.1, -0.05) is 0 Å². The quantitative estimate of drug-likeness (QED) is 0.655. The van der Waals surface area contributed by atoms with Gasteiger partial charge in [0.1, 0.15) is 0 Å². The van der Waals surface area contributed by atoms with Crippen LogP contribution >= 0.6 is 0 Å². The Kier molecular flexibility index (Phi) is 2.17. The first-order valence-electron chi connectivity index (χ1n) is 4.75. The van der Waals surface area contributed by atoms with E-state index in [1.54, 1.807) is 0 Å². The Labute approximate surface area is 73.2 Å². The number of aromatic nitrogens is 1. The first kappa shape index (κ1) is 7.87. The zero-order chi connectivity index (χ0) is 8.39. The van der Waals surface area contributed by atoms with Crippen molar-refractivity contribution in [2.24, 2.45) is 5.73 Å². The Balaban J connectivity index is 1.99. The van der Waals surface area contributed by atoms with Crippen LogP contribution < -0.4 is 5.73 Å². The van der Waals surface area contributed by atoms with E-state index >= 15 is 0 Å². The van der Waals surface area contributed by atoms with Crippen molar-refractivity contribution < 1.29 is 0 Å². The molecule has 2 heteroatoms. The van der Waals surface area contributed by atoms with E-state index in [4.69, 9.17) is 5.73 Å². The lowest BCUT2D eigenvalue weighted by Crippen LogP contribution is -2.25. The zero-order valence-corrected chi connectivity index (χ0v) is 7.29. The number of hydrogen-bond donors (Lipinski definition) is 2. The van der Waals surface area contributed by atoms with Crippen LogP contribution in [0, 0.1) is 0 Å². The van der Waals surface area contributed by atoms with Crippen LogP contribution in [0.4, 0.5) is 0 Å². The molecule has 2 nitrogen and oxygen atoms in total. The normalized spacial score (nSPS) is 30.4. The van der Waals surface area contributed by atoms with Crippen molar-refractivity contribution in [2.75, 3.05) is 0 Å². The van der Waals surface area contributed by atoms with Gasteiger partial charge in [0.25, 0.3) is 0 Å². The summed E-state index contributed by atoms with van der Waals surface area (Å²) in [6.45, 7) is 0. The second kappa shape index (κ2) is 3.31. The van der Waals surface area contributed by atoms with Crippen molar-refractivity contribution in [1.82, 2.24) is 4.98 Å². The van der Waals surface area contributed by atoms with Gasteiger partial charge in [-0.3, -0.25) is 0 Å². The van der Waals surface area contributed by atoms with E-state index in [1.165, 1.54) is 31.4 Å². The summed E-state index contributed by atoms with van der Waals surface area (Å²) >= 11 is 0. The fraction of sp³-hybridized carbons (Fsp3) is 0.600. The lowest BCUT2D eigenvalue weighted by atomic mass is 9.85. The van der Waals surface area contributed by atoms with Gasteiger partial charge in [-0.05, 0) is 43.7 Å². The lowest BCUT2D eigenvalue weighted by molar-refractivity contribution is 0.391. The summed E-state index contributed by atoms with van der Waals surface area (Å²) in [5.41, 5.74) is 7.23. The highest BCUT2D eigenvalue weighted by atomic mass is 14.7. The predicted octanol–water partition coefficient (Wildman–Crippen LogP) is 2.00. The predicted molar refractivity (Wildman–Crippen MR) is 50.0 cm³/mol. The zero-order valence-electron chi connectivity index (χ0n) is 7.29. The molecule has 1 aliphatic rings. The van der Waals surface area contributed by atoms with Gasteiger partial charge in [-0.2, -0.15) is 0 Å². The minimum Gasteiger partial charge on any atom is -0.365 e. The average molecular weight is 164 g/mol. The van der Waals surface area contributed by atoms with Crippen LogP contribution in [0.3, 0.4) is 0 Å². The van der Waals surface area contributed by atoms with Crippen molar-refractivity contribution >= 4 is 0 Å². The van der Waals surface area contributed by atoms with Gasteiger partial charge < -0.3 is 10.7 Å². The highest BCUT2D eigenvalue weighted by Crippen LogP contribution is 2.30. The van der Waals surface area contributed by atoms with Gasteiger partial charge in [0.2, 0.25) is 0 Å². The molecule has 1 heterocycles. The molecule has 66 valence electrons. The number of aromatic amines is 1. The van der Waals surface area contributed by atoms with Gasteiger partial charge in [0.05, 0.1) is 0 Å². The maximum Gasteiger partial charge on any atom is 0.0178 e. The van der Waals surface area contributed by atoms with Gasteiger partial charge in [-0.15, -0.1) is 0 Å². The Morgan fingerprint density at radius 2 is 2.00 bits per heavy atom. The molecule has 1 saturated carbocycles. The maximum absolute atomic E-state index is 5.84. The van der Waals surface area contributed by atoms with Crippen molar-refractivity contribution in [1.29, 1.82) is 0 Å². The van der Waals surface area contributed by atoms with Gasteiger partial charge in [-0.25, -0.2) is 0 Å². The molecule has 1 aromatic rings. The average Bonchev–Trinajstić information content (AvgIpc) is 2.58. The van der Waals surface area contributed by atoms with Gasteiger partial charge >= 0.3 is 0 Å². The number of hydrogen-bond acceptors (Lipinski definition) is 1. The summed E-state index contributed by atoms with van der Waals surface area (Å²) in [7, 11) is 0. The third-order valence-electron chi connectivity index (χ3n) is 2.83. The van der Waals surface area contributed by atoms with Crippen LogP contribution in [0.25, 0.3) is 0 Å². The second-order valence-corrected chi connectivity index (χ2v) is 3.74. The van der Waals surface area contributed by atoms with E-state index in [0.717, 1.165) is 5.92 Å². The molecule has 0 amide bonds. The van der Waals surface area contributed by atoms with Crippen molar-refractivity contribution in [3.8, 4) is 0 Å². The molecule has 12 heavy (non-hydrogen) atoms. The largest absolute Gasteiger partial charge is 0.365 e. The van der Waals surface area contributed by atoms with Gasteiger partial charge in [0, 0.05) is 17.9 Å². The molecule has 0 aliphatic heterocycles. The van der Waals surface area contributed by atoms with E-state index in [0.29, 0.717) is 6.04 Å². The topological polar surface area (TPSA) is 41.8 Å². The molecule has 1 aliphatic carbocycles. The molecule has 3 N–H and O–H groups in total. The fourth-order valence-electron chi connectivity index (χ4n) is 2.03. The summed E-state index contributed by atoms with van der Waals surface area (Å²) in [6.07, 6.45) is 6.88. The minimum absolute atomic E-state index is 0.455. The number of rotatable bonds is 1.